The molecule has 6 rings (SSSR count). The zero-order chi connectivity index (χ0) is 29.6. The van der Waals surface area contributed by atoms with Gasteiger partial charge in [-0.05, 0) is 38.1 Å². The van der Waals surface area contributed by atoms with Gasteiger partial charge in [-0.25, -0.2) is 13.2 Å². The number of nitrogens with zero attached hydrogens (tertiary/aromatic N) is 5. The maximum Gasteiger partial charge on any atom is 0.418 e. The van der Waals surface area contributed by atoms with Gasteiger partial charge < -0.3 is 9.80 Å². The number of piperazine rings is 1. The summed E-state index contributed by atoms with van der Waals surface area (Å²) in [6.45, 7) is 5.61. The number of aromatic nitrogens is 2. The highest BCUT2D eigenvalue weighted by Gasteiger charge is 2.35. The van der Waals surface area contributed by atoms with Gasteiger partial charge in [0.1, 0.15) is 23.0 Å². The molecule has 0 atom stereocenters. The highest BCUT2D eigenvalue weighted by molar-refractivity contribution is 5.95. The molecule has 2 saturated heterocycles. The number of likely N-dealkylation sites (N-methyl/N-ethyl adjacent to an activating group) is 1. The van der Waals surface area contributed by atoms with E-state index < -0.39 is 41.3 Å². The van der Waals surface area contributed by atoms with Gasteiger partial charge in [0.2, 0.25) is 0 Å². The number of fused-ring (bicyclic) bond motifs is 1. The molecule has 2 fully saturated rings. The van der Waals surface area contributed by atoms with E-state index in [1.807, 2.05) is 12.1 Å². The molecule has 1 aromatic heterocycles. The van der Waals surface area contributed by atoms with Crippen LogP contribution in [0, 0.1) is 17.5 Å². The molecule has 0 spiro atoms. The van der Waals surface area contributed by atoms with Gasteiger partial charge >= 0.3 is 6.18 Å². The highest BCUT2D eigenvalue weighted by atomic mass is 19.4. The minimum Gasteiger partial charge on any atom is -0.371 e. The molecule has 0 N–H and O–H groups in total. The van der Waals surface area contributed by atoms with Crippen molar-refractivity contribution >= 4 is 16.6 Å². The summed E-state index contributed by atoms with van der Waals surface area (Å²) in [5, 5.41) is 4.38. The Morgan fingerprint density at radius 1 is 0.833 bits per heavy atom. The third-order valence-electron chi connectivity index (χ3n) is 8.51. The maximum atomic E-state index is 14.6. The van der Waals surface area contributed by atoms with E-state index in [0.717, 1.165) is 68.5 Å². The monoisotopic (exact) mass is 587 g/mol. The van der Waals surface area contributed by atoms with Gasteiger partial charge in [0, 0.05) is 79.6 Å². The van der Waals surface area contributed by atoms with Crippen LogP contribution in [-0.2, 0) is 12.7 Å². The van der Waals surface area contributed by atoms with Crippen LogP contribution in [-0.4, -0.2) is 71.9 Å². The first-order chi connectivity index (χ1) is 20.1. The molecule has 42 heavy (non-hydrogen) atoms. The van der Waals surface area contributed by atoms with Crippen LogP contribution < -0.4 is 4.90 Å². The van der Waals surface area contributed by atoms with Gasteiger partial charge in [0.05, 0.1) is 17.8 Å². The third-order valence-corrected chi connectivity index (χ3v) is 8.51. The molecule has 0 aliphatic carbocycles. The quantitative estimate of drug-likeness (QED) is 0.253. The topological polar surface area (TPSA) is 27.5 Å². The number of rotatable bonds is 5. The second-order valence-corrected chi connectivity index (χ2v) is 11.2. The molecular formula is C31H31F6N5. The molecule has 5 nitrogen and oxygen atoms in total. The molecule has 4 aromatic rings. The van der Waals surface area contributed by atoms with Crippen LogP contribution in [0.5, 0.6) is 0 Å². The number of piperidine rings is 1. The van der Waals surface area contributed by atoms with Crippen molar-refractivity contribution in [1.29, 1.82) is 0 Å². The Bertz CT molecular complexity index is 1540. The molecule has 0 unspecified atom stereocenters. The van der Waals surface area contributed by atoms with E-state index in [0.29, 0.717) is 29.4 Å². The lowest BCUT2D eigenvalue weighted by molar-refractivity contribution is -0.136. The number of benzene rings is 3. The predicted octanol–water partition coefficient (Wildman–Crippen LogP) is 6.40. The van der Waals surface area contributed by atoms with Crippen LogP contribution in [0.4, 0.5) is 32.0 Å². The van der Waals surface area contributed by atoms with E-state index in [-0.39, 0.29) is 10.9 Å². The smallest absolute Gasteiger partial charge is 0.371 e. The fraction of sp³-hybridized carbons (Fsp3) is 0.387. The van der Waals surface area contributed by atoms with Gasteiger partial charge in [-0.15, -0.1) is 0 Å². The molecular weight excluding hydrogens is 556 g/mol. The fourth-order valence-corrected chi connectivity index (χ4v) is 6.18. The third kappa shape index (κ3) is 5.59. The van der Waals surface area contributed by atoms with Crippen molar-refractivity contribution in [2.45, 2.75) is 31.6 Å². The molecule has 2 aliphatic rings. The summed E-state index contributed by atoms with van der Waals surface area (Å²) in [7, 11) is 2.15. The van der Waals surface area contributed by atoms with Gasteiger partial charge in [0.25, 0.3) is 0 Å². The first-order valence-electron chi connectivity index (χ1n) is 14.1. The number of alkyl halides is 3. The molecule has 3 heterocycles. The van der Waals surface area contributed by atoms with E-state index >= 15 is 0 Å². The van der Waals surface area contributed by atoms with Crippen molar-refractivity contribution in [3.8, 4) is 11.3 Å². The lowest BCUT2D eigenvalue weighted by Crippen LogP contribution is -2.52. The summed E-state index contributed by atoms with van der Waals surface area (Å²) in [6, 6.07) is 12.8. The van der Waals surface area contributed by atoms with Gasteiger partial charge in [0.15, 0.2) is 0 Å². The standard InChI is InChI=1S/C31H31F6N5/c1-39-13-15-41(16-14-39)23-9-11-40(12-10-23)22-7-5-20(6-8-22)30-24-3-2-4-26(31(35,36)37)29(24)38-42(30)19-25-27(33)17-21(32)18-28(25)34/h2-8,17-18,23H,9-16,19H2,1H3. The highest BCUT2D eigenvalue weighted by Crippen LogP contribution is 2.39. The van der Waals surface area contributed by atoms with Crippen molar-refractivity contribution in [2.24, 2.45) is 0 Å². The van der Waals surface area contributed by atoms with E-state index in [4.69, 9.17) is 0 Å². The first-order valence-corrected chi connectivity index (χ1v) is 14.1. The van der Waals surface area contributed by atoms with Gasteiger partial charge in [-0.3, -0.25) is 9.58 Å². The zero-order valence-electron chi connectivity index (χ0n) is 23.1. The second-order valence-electron chi connectivity index (χ2n) is 11.2. The summed E-state index contributed by atoms with van der Waals surface area (Å²) in [5.74, 6) is -3.35. The van der Waals surface area contributed by atoms with Crippen molar-refractivity contribution in [3.63, 3.8) is 0 Å². The van der Waals surface area contributed by atoms with Crippen LogP contribution in [0.25, 0.3) is 22.2 Å². The maximum absolute atomic E-state index is 14.6. The molecule has 0 saturated carbocycles. The predicted molar refractivity (Wildman–Crippen MR) is 150 cm³/mol. The van der Waals surface area contributed by atoms with Crippen molar-refractivity contribution in [2.75, 3.05) is 51.2 Å². The van der Waals surface area contributed by atoms with Crippen LogP contribution in [0.2, 0.25) is 0 Å². The zero-order valence-corrected chi connectivity index (χ0v) is 23.1. The molecule has 222 valence electrons. The van der Waals surface area contributed by atoms with Crippen LogP contribution in [0.15, 0.2) is 54.6 Å². The Balaban J connectivity index is 1.30. The lowest BCUT2D eigenvalue weighted by atomic mass is 10.0. The number of halogens is 6. The normalized spacial score (nSPS) is 17.8. The minimum atomic E-state index is -4.68. The van der Waals surface area contributed by atoms with Crippen molar-refractivity contribution in [1.82, 2.24) is 19.6 Å². The van der Waals surface area contributed by atoms with Crippen LogP contribution >= 0.6 is 0 Å². The Kier molecular flexibility index (Phi) is 7.65. The van der Waals surface area contributed by atoms with Crippen LogP contribution in [0.1, 0.15) is 24.0 Å². The Hall–Kier alpha value is -3.57. The molecule has 0 bridgehead atoms. The number of hydrogen-bond donors (Lipinski definition) is 0. The molecule has 0 amide bonds. The summed E-state index contributed by atoms with van der Waals surface area (Å²) in [4.78, 5) is 7.23. The molecule has 0 radical (unpaired) electrons. The average Bonchev–Trinajstić information content (AvgIpc) is 3.33. The SMILES string of the molecule is CN1CCN(C2CCN(c3ccc(-c4c5cccc(C(F)(F)F)c5nn4Cc4c(F)cc(F)cc4F)cc3)CC2)CC1. The van der Waals surface area contributed by atoms with Crippen molar-refractivity contribution < 1.29 is 26.3 Å². The fourth-order valence-electron chi connectivity index (χ4n) is 6.18. The summed E-state index contributed by atoms with van der Waals surface area (Å²) in [6.07, 6.45) is -2.57. The van der Waals surface area contributed by atoms with Crippen molar-refractivity contribution in [3.05, 3.63) is 83.2 Å². The number of anilines is 1. The summed E-state index contributed by atoms with van der Waals surface area (Å²) >= 11 is 0. The Morgan fingerprint density at radius 3 is 2.10 bits per heavy atom. The van der Waals surface area contributed by atoms with Crippen LogP contribution in [0.3, 0.4) is 0 Å². The first kappa shape index (κ1) is 28.5. The Labute approximate surface area is 239 Å². The summed E-state index contributed by atoms with van der Waals surface area (Å²) in [5.41, 5.74) is 0.0876. The van der Waals surface area contributed by atoms with E-state index in [2.05, 4.69) is 26.8 Å². The number of hydrogen-bond acceptors (Lipinski definition) is 4. The Morgan fingerprint density at radius 2 is 1.48 bits per heavy atom. The van der Waals surface area contributed by atoms with E-state index in [1.165, 1.54) is 12.1 Å². The second kappa shape index (κ2) is 11.3. The minimum absolute atomic E-state index is 0.202. The van der Waals surface area contributed by atoms with Gasteiger partial charge in [-0.2, -0.15) is 18.3 Å². The largest absolute Gasteiger partial charge is 0.418 e. The molecule has 2 aliphatic heterocycles. The lowest BCUT2D eigenvalue weighted by Gasteiger charge is -2.42. The van der Waals surface area contributed by atoms with Gasteiger partial charge in [-0.1, -0.05) is 24.3 Å². The average molecular weight is 588 g/mol. The van der Waals surface area contributed by atoms with E-state index in [9.17, 15) is 26.3 Å². The molecule has 3 aromatic carbocycles. The molecule has 11 heteroatoms. The summed E-state index contributed by atoms with van der Waals surface area (Å²) < 4.78 is 85.4. The van der Waals surface area contributed by atoms with E-state index in [1.54, 1.807) is 12.1 Å².